The first-order chi connectivity index (χ1) is 19.0. The van der Waals surface area contributed by atoms with Crippen LogP contribution in [0.4, 0.5) is 0 Å². The molecule has 0 fully saturated rings. The number of hydrogen-bond acceptors (Lipinski definition) is 10. The van der Waals surface area contributed by atoms with E-state index < -0.39 is 80.4 Å². The molecule has 6 rings (SSSR count). The summed E-state index contributed by atoms with van der Waals surface area (Å²) in [6.45, 7) is 6.10. The highest BCUT2D eigenvalue weighted by atomic mass is 16.5. The van der Waals surface area contributed by atoms with Crippen LogP contribution in [-0.2, 0) is 21.4 Å². The first-order valence-electron chi connectivity index (χ1n) is 13.3. The van der Waals surface area contributed by atoms with Crippen LogP contribution in [0, 0.1) is 5.41 Å². The van der Waals surface area contributed by atoms with E-state index in [0.29, 0.717) is 22.3 Å². The Kier molecular flexibility index (Phi) is 5.23. The van der Waals surface area contributed by atoms with Crippen molar-refractivity contribution in [3.8, 4) is 17.2 Å². The largest absolute Gasteiger partial charge is 0.508 e. The van der Waals surface area contributed by atoms with E-state index in [0.717, 1.165) is 18.4 Å². The molecule has 4 aliphatic rings. The van der Waals surface area contributed by atoms with E-state index in [-0.39, 0.29) is 17.4 Å². The van der Waals surface area contributed by atoms with Crippen LogP contribution in [0.15, 0.2) is 29.0 Å². The molecular formula is C30H31NO10. The van der Waals surface area contributed by atoms with Crippen molar-refractivity contribution in [2.45, 2.75) is 69.2 Å². The van der Waals surface area contributed by atoms with Crippen molar-refractivity contribution in [3.63, 3.8) is 0 Å². The summed E-state index contributed by atoms with van der Waals surface area (Å²) in [6.07, 6.45) is 0.488. The average molecular weight is 566 g/mol. The van der Waals surface area contributed by atoms with Gasteiger partial charge in [0.15, 0.2) is 11.5 Å². The van der Waals surface area contributed by atoms with Crippen LogP contribution in [0.5, 0.6) is 17.2 Å². The lowest BCUT2D eigenvalue weighted by Crippen LogP contribution is -2.69. The van der Waals surface area contributed by atoms with Crippen LogP contribution in [0.3, 0.4) is 0 Å². The van der Waals surface area contributed by atoms with E-state index >= 15 is 0 Å². The summed E-state index contributed by atoms with van der Waals surface area (Å²) in [7, 11) is 1.44. The number of nitrogens with two attached hydrogens (primary N) is 1. The third-order valence-electron chi connectivity index (χ3n) is 10.2. The van der Waals surface area contributed by atoms with E-state index in [4.69, 9.17) is 10.5 Å². The zero-order chi connectivity index (χ0) is 30.2. The number of aliphatic hydroxyl groups excluding tert-OH is 2. The number of aromatic hydroxyl groups is 2. The van der Waals surface area contributed by atoms with Gasteiger partial charge in [-0.1, -0.05) is 25.5 Å². The van der Waals surface area contributed by atoms with E-state index in [1.54, 1.807) is 0 Å². The summed E-state index contributed by atoms with van der Waals surface area (Å²) in [6, 6.07) is 1.33. The van der Waals surface area contributed by atoms with Gasteiger partial charge in [0.1, 0.15) is 34.5 Å². The number of phenols is 2. The van der Waals surface area contributed by atoms with Crippen molar-refractivity contribution in [1.82, 2.24) is 0 Å². The molecule has 8 N–H and O–H groups in total. The van der Waals surface area contributed by atoms with Crippen LogP contribution >= 0.6 is 0 Å². The molecule has 0 unspecified atom stereocenters. The predicted octanol–water partition coefficient (Wildman–Crippen LogP) is 1.78. The molecule has 4 aliphatic carbocycles. The fraction of sp³-hybridized carbons (Fsp3) is 0.433. The summed E-state index contributed by atoms with van der Waals surface area (Å²) in [4.78, 5) is 38.9. The number of phenolic OH excluding ortho intramolecular Hbond substituents is 2. The number of ketones is 2. The Hall–Kier alpha value is -3.93. The lowest BCUT2D eigenvalue weighted by Gasteiger charge is -2.51. The molecule has 1 amide bonds. The number of benzene rings is 2. The topological polar surface area (TPSA) is 208 Å². The number of aliphatic hydroxyl groups is 4. The highest BCUT2D eigenvalue weighted by Crippen LogP contribution is 2.66. The van der Waals surface area contributed by atoms with Crippen molar-refractivity contribution >= 4 is 28.2 Å². The number of Topliss-reactive ketones (excluding diaryl/α,β-unsaturated/α-hetero) is 2. The summed E-state index contributed by atoms with van der Waals surface area (Å²) < 4.78 is 5.73. The molecule has 0 radical (unpaired) electrons. The summed E-state index contributed by atoms with van der Waals surface area (Å²) >= 11 is 0. The second kappa shape index (κ2) is 7.87. The molecule has 216 valence electrons. The third-order valence-corrected chi connectivity index (χ3v) is 10.2. The van der Waals surface area contributed by atoms with Crippen molar-refractivity contribution in [3.05, 3.63) is 51.3 Å². The maximum Gasteiger partial charge on any atom is 0.255 e. The lowest BCUT2D eigenvalue weighted by atomic mass is 9.54. The normalized spacial score (nSPS) is 31.8. The Morgan fingerprint density at radius 3 is 2.34 bits per heavy atom. The van der Waals surface area contributed by atoms with Gasteiger partial charge in [0.2, 0.25) is 11.4 Å². The molecule has 0 aromatic heterocycles. The Bertz CT molecular complexity index is 1720. The van der Waals surface area contributed by atoms with E-state index in [1.165, 1.54) is 13.2 Å². The number of ether oxygens (including phenoxy) is 1. The van der Waals surface area contributed by atoms with Gasteiger partial charge in [-0.25, -0.2) is 0 Å². The Balaban J connectivity index is 1.79. The van der Waals surface area contributed by atoms with Gasteiger partial charge < -0.3 is 41.1 Å². The maximum atomic E-state index is 14.1. The Morgan fingerprint density at radius 1 is 1.10 bits per heavy atom. The maximum absolute atomic E-state index is 14.1. The molecule has 0 saturated heterocycles. The quantitative estimate of drug-likeness (QED) is 0.207. The molecule has 11 heteroatoms. The zero-order valence-electron chi connectivity index (χ0n) is 23.0. The van der Waals surface area contributed by atoms with Gasteiger partial charge in [-0.3, -0.25) is 14.4 Å². The number of hydrogen-bond donors (Lipinski definition) is 7. The highest BCUT2D eigenvalue weighted by Gasteiger charge is 2.71. The number of carbonyl (C=O) groups excluding carboxylic acids is 3. The van der Waals surface area contributed by atoms with Crippen molar-refractivity contribution < 1.29 is 49.8 Å². The Morgan fingerprint density at radius 2 is 1.76 bits per heavy atom. The fourth-order valence-electron chi connectivity index (χ4n) is 8.11. The minimum atomic E-state index is -3.41. The molecule has 0 heterocycles. The molecule has 41 heavy (non-hydrogen) atoms. The van der Waals surface area contributed by atoms with Gasteiger partial charge in [0.25, 0.3) is 5.91 Å². The van der Waals surface area contributed by atoms with Gasteiger partial charge in [-0.05, 0) is 37.2 Å². The standard InChI is InChI=1S/C30H31NO10/c1-11-6-5-7-27(2,3)28(11)9-12-16-18(13(32)8-15(41-4)21(16)28)22(34)20-17(12)23(35)29(39)10-14(33)19(26(31)38)24(36)30(29,40)25(20)37/h6,8,23,32,34-36,39-40H,5,7,9-10H2,1-4H3,(H2,31,38)/t23-,28-,29-,30+/m0/s1. The minimum absolute atomic E-state index is 0.138. The van der Waals surface area contributed by atoms with Crippen molar-refractivity contribution in [2.24, 2.45) is 11.1 Å². The van der Waals surface area contributed by atoms with E-state index in [1.807, 2.05) is 6.92 Å². The minimum Gasteiger partial charge on any atom is -0.508 e. The van der Waals surface area contributed by atoms with E-state index in [9.17, 15) is 45.0 Å². The molecule has 0 saturated carbocycles. The smallest absolute Gasteiger partial charge is 0.255 e. The number of carbonyl (C=O) groups is 3. The van der Waals surface area contributed by atoms with Gasteiger partial charge in [-0.15, -0.1) is 0 Å². The predicted molar refractivity (Wildman–Crippen MR) is 144 cm³/mol. The molecule has 11 nitrogen and oxygen atoms in total. The van der Waals surface area contributed by atoms with Crippen molar-refractivity contribution in [1.29, 1.82) is 0 Å². The van der Waals surface area contributed by atoms with Crippen molar-refractivity contribution in [2.75, 3.05) is 7.11 Å². The second-order valence-electron chi connectivity index (χ2n) is 12.3. The number of allylic oxidation sites excluding steroid dienone is 2. The molecule has 2 aromatic rings. The number of rotatable bonds is 2. The van der Waals surface area contributed by atoms with Gasteiger partial charge in [-0.2, -0.15) is 0 Å². The monoisotopic (exact) mass is 565 g/mol. The SMILES string of the molecule is COc1cc(O)c2c(O)c3c(c4c2c1[C@]1(C4)C(C)=CCCC1(C)C)[C@H](O)[C@@]1(O)CC(=O)C(C(N)=O)=C(O)[C@@]1(O)C3=O. The second-order valence-corrected chi connectivity index (χ2v) is 12.3. The third kappa shape index (κ3) is 2.76. The number of primary amides is 1. The first-order valence-corrected chi connectivity index (χ1v) is 13.3. The number of fused-ring (bicyclic) bond motifs is 4. The molecule has 0 bridgehead atoms. The summed E-state index contributed by atoms with van der Waals surface area (Å²) in [5.41, 5.74) is -2.49. The lowest BCUT2D eigenvalue weighted by molar-refractivity contribution is -0.193. The van der Waals surface area contributed by atoms with Gasteiger partial charge in [0, 0.05) is 34.4 Å². The molecule has 1 spiro atoms. The Labute approximate surface area is 234 Å². The fourth-order valence-corrected chi connectivity index (χ4v) is 8.11. The summed E-state index contributed by atoms with van der Waals surface area (Å²) in [5, 5.41) is 68.9. The summed E-state index contributed by atoms with van der Waals surface area (Å²) in [5.74, 6) is -6.54. The number of methoxy groups -OCH3 is 1. The average Bonchev–Trinajstić information content (AvgIpc) is 3.24. The van der Waals surface area contributed by atoms with Gasteiger partial charge in [0.05, 0.1) is 18.1 Å². The van der Waals surface area contributed by atoms with Crippen LogP contribution in [0.25, 0.3) is 10.8 Å². The molecule has 0 aliphatic heterocycles. The number of amides is 1. The first kappa shape index (κ1) is 27.3. The van der Waals surface area contributed by atoms with Crippen LogP contribution in [0.2, 0.25) is 0 Å². The zero-order valence-corrected chi connectivity index (χ0v) is 23.0. The molecular weight excluding hydrogens is 534 g/mol. The highest BCUT2D eigenvalue weighted by molar-refractivity contribution is 6.24. The molecule has 2 aromatic carbocycles. The van der Waals surface area contributed by atoms with Crippen LogP contribution < -0.4 is 10.5 Å². The van der Waals surface area contributed by atoms with Crippen LogP contribution in [-0.4, -0.2) is 66.4 Å². The molecule has 4 atom stereocenters. The van der Waals surface area contributed by atoms with Gasteiger partial charge >= 0.3 is 0 Å². The van der Waals surface area contributed by atoms with E-state index in [2.05, 4.69) is 19.9 Å². The van der Waals surface area contributed by atoms with Crippen LogP contribution in [0.1, 0.15) is 73.2 Å².